The summed E-state index contributed by atoms with van der Waals surface area (Å²) in [7, 11) is 3.16. The molecule has 166 valence electrons. The van der Waals surface area contributed by atoms with Crippen molar-refractivity contribution < 1.29 is 23.7 Å². The van der Waals surface area contributed by atoms with Gasteiger partial charge in [0.15, 0.2) is 16.6 Å². The fourth-order valence-corrected chi connectivity index (χ4v) is 3.47. The number of unbranched alkanes of at least 4 members (excludes halogenated alkanes) is 3. The number of benzene rings is 1. The Morgan fingerprint density at radius 1 is 1.10 bits per heavy atom. The van der Waals surface area contributed by atoms with Crippen LogP contribution in [0.5, 0.6) is 11.5 Å². The highest BCUT2D eigenvalue weighted by molar-refractivity contribution is 7.80. The molecule has 2 N–H and O–H groups in total. The monoisotopic (exact) mass is 436 g/mol. The van der Waals surface area contributed by atoms with Crippen molar-refractivity contribution in [3.05, 3.63) is 35.0 Å². The molecule has 1 heterocycles. The standard InChI is InChI=1S/C22H32N2O5S/c1-5-6-7-8-11-28-17-10-9-16(14-18(17)27-4)20-19(15(2)23-22(30)24-20)21(25)29-13-12-26-3/h9-10,14,20H,5-8,11-13H2,1-4H3,(H2,23,24,30)/t20-/m1/s1. The van der Waals surface area contributed by atoms with Crippen molar-refractivity contribution in [3.63, 3.8) is 0 Å². The third kappa shape index (κ3) is 6.60. The lowest BCUT2D eigenvalue weighted by molar-refractivity contribution is -0.140. The van der Waals surface area contributed by atoms with Gasteiger partial charge in [-0.05, 0) is 43.3 Å². The van der Waals surface area contributed by atoms with Gasteiger partial charge in [-0.15, -0.1) is 0 Å². The average Bonchev–Trinajstić information content (AvgIpc) is 2.73. The van der Waals surface area contributed by atoms with Crippen molar-refractivity contribution in [2.75, 3.05) is 34.0 Å². The molecule has 7 nitrogen and oxygen atoms in total. The van der Waals surface area contributed by atoms with E-state index in [4.69, 9.17) is 31.2 Å². The van der Waals surface area contributed by atoms with Crippen LogP contribution in [0.2, 0.25) is 0 Å². The van der Waals surface area contributed by atoms with Crippen LogP contribution in [0, 0.1) is 0 Å². The van der Waals surface area contributed by atoms with Gasteiger partial charge in [0.2, 0.25) is 0 Å². The maximum Gasteiger partial charge on any atom is 0.338 e. The highest BCUT2D eigenvalue weighted by Gasteiger charge is 2.31. The minimum absolute atomic E-state index is 0.178. The van der Waals surface area contributed by atoms with Crippen LogP contribution in [-0.2, 0) is 14.3 Å². The van der Waals surface area contributed by atoms with E-state index in [9.17, 15) is 4.79 Å². The van der Waals surface area contributed by atoms with Crippen LogP contribution in [0.1, 0.15) is 51.1 Å². The first-order valence-corrected chi connectivity index (χ1v) is 10.7. The summed E-state index contributed by atoms with van der Waals surface area (Å²) in [5.41, 5.74) is 1.95. The molecule has 0 aromatic heterocycles. The van der Waals surface area contributed by atoms with Crippen molar-refractivity contribution >= 4 is 23.3 Å². The fraction of sp³-hybridized carbons (Fsp3) is 0.545. The summed E-state index contributed by atoms with van der Waals surface area (Å²) in [5, 5.41) is 6.60. The topological polar surface area (TPSA) is 78.1 Å². The van der Waals surface area contributed by atoms with Crippen LogP contribution in [-0.4, -0.2) is 45.1 Å². The van der Waals surface area contributed by atoms with Crippen LogP contribution >= 0.6 is 12.2 Å². The van der Waals surface area contributed by atoms with E-state index in [1.807, 2.05) is 18.2 Å². The molecule has 30 heavy (non-hydrogen) atoms. The number of methoxy groups -OCH3 is 2. The maximum atomic E-state index is 12.7. The predicted molar refractivity (Wildman–Crippen MR) is 120 cm³/mol. The van der Waals surface area contributed by atoms with E-state index in [0.717, 1.165) is 18.4 Å². The van der Waals surface area contributed by atoms with E-state index in [2.05, 4.69) is 17.6 Å². The maximum absolute atomic E-state index is 12.7. The summed E-state index contributed by atoms with van der Waals surface area (Å²) in [4.78, 5) is 12.7. The van der Waals surface area contributed by atoms with Crippen molar-refractivity contribution in [3.8, 4) is 11.5 Å². The highest BCUT2D eigenvalue weighted by atomic mass is 32.1. The Kier molecular flexibility index (Phi) is 9.89. The van der Waals surface area contributed by atoms with Gasteiger partial charge < -0.3 is 29.6 Å². The molecule has 1 aromatic carbocycles. The van der Waals surface area contributed by atoms with Crippen LogP contribution in [0.25, 0.3) is 0 Å². The van der Waals surface area contributed by atoms with Crippen molar-refractivity contribution in [1.82, 2.24) is 10.6 Å². The van der Waals surface area contributed by atoms with Crippen LogP contribution < -0.4 is 20.1 Å². The highest BCUT2D eigenvalue weighted by Crippen LogP contribution is 2.34. The lowest BCUT2D eigenvalue weighted by Crippen LogP contribution is -2.45. The zero-order valence-corrected chi connectivity index (χ0v) is 19.0. The van der Waals surface area contributed by atoms with Crippen molar-refractivity contribution in [2.45, 2.75) is 45.6 Å². The Morgan fingerprint density at radius 3 is 2.60 bits per heavy atom. The molecule has 1 aliphatic rings. The Morgan fingerprint density at radius 2 is 1.90 bits per heavy atom. The molecule has 2 rings (SSSR count). The van der Waals surface area contributed by atoms with Gasteiger partial charge in [-0.25, -0.2) is 4.79 Å². The molecule has 0 spiro atoms. The number of allylic oxidation sites excluding steroid dienone is 1. The number of esters is 1. The molecule has 0 aliphatic carbocycles. The summed E-state index contributed by atoms with van der Waals surface area (Å²) in [5.74, 6) is 0.866. The number of thiocarbonyl (C=S) groups is 1. The molecule has 1 aliphatic heterocycles. The molecule has 0 saturated heterocycles. The Bertz CT molecular complexity index is 766. The van der Waals surface area contributed by atoms with Crippen molar-refractivity contribution in [2.24, 2.45) is 0 Å². The lowest BCUT2D eigenvalue weighted by Gasteiger charge is -2.30. The summed E-state index contributed by atoms with van der Waals surface area (Å²) in [6.45, 7) is 5.14. The zero-order chi connectivity index (χ0) is 21.9. The molecule has 1 atom stereocenters. The number of rotatable bonds is 12. The minimum atomic E-state index is -0.457. The van der Waals surface area contributed by atoms with Gasteiger partial charge in [0, 0.05) is 12.8 Å². The predicted octanol–water partition coefficient (Wildman–Crippen LogP) is 3.64. The van der Waals surface area contributed by atoms with Gasteiger partial charge >= 0.3 is 5.97 Å². The van der Waals surface area contributed by atoms with E-state index in [1.165, 1.54) is 12.8 Å². The van der Waals surface area contributed by atoms with E-state index < -0.39 is 12.0 Å². The first kappa shape index (κ1) is 24.0. The SMILES string of the molecule is CCCCCCOc1ccc([C@H]2NC(=S)NC(C)=C2C(=O)OCCOC)cc1OC. The number of hydrogen-bond donors (Lipinski definition) is 2. The number of nitrogens with one attached hydrogen (secondary N) is 2. The van der Waals surface area contributed by atoms with Crippen LogP contribution in [0.3, 0.4) is 0 Å². The van der Waals surface area contributed by atoms with E-state index in [-0.39, 0.29) is 6.61 Å². The minimum Gasteiger partial charge on any atom is -0.493 e. The zero-order valence-electron chi connectivity index (χ0n) is 18.2. The second kappa shape index (κ2) is 12.4. The largest absolute Gasteiger partial charge is 0.493 e. The molecule has 0 amide bonds. The Labute approximate surface area is 184 Å². The number of ether oxygens (including phenoxy) is 4. The summed E-state index contributed by atoms with van der Waals surface area (Å²) < 4.78 is 21.7. The molecular weight excluding hydrogens is 404 g/mol. The first-order chi connectivity index (χ1) is 14.5. The summed E-state index contributed by atoms with van der Waals surface area (Å²) in [6.07, 6.45) is 4.54. The van der Waals surface area contributed by atoms with Gasteiger partial charge in [0.1, 0.15) is 6.61 Å². The number of carbonyl (C=O) groups is 1. The van der Waals surface area contributed by atoms with E-state index >= 15 is 0 Å². The van der Waals surface area contributed by atoms with Gasteiger partial charge in [-0.3, -0.25) is 0 Å². The molecule has 8 heteroatoms. The van der Waals surface area contributed by atoms with E-state index in [1.54, 1.807) is 21.1 Å². The second-order valence-electron chi connectivity index (χ2n) is 7.02. The van der Waals surface area contributed by atoms with Gasteiger partial charge in [-0.2, -0.15) is 0 Å². The quantitative estimate of drug-likeness (QED) is 0.292. The van der Waals surface area contributed by atoms with Crippen LogP contribution in [0.4, 0.5) is 0 Å². The lowest BCUT2D eigenvalue weighted by atomic mass is 9.95. The van der Waals surface area contributed by atoms with Gasteiger partial charge in [0.25, 0.3) is 0 Å². The van der Waals surface area contributed by atoms with Gasteiger partial charge in [-0.1, -0.05) is 32.3 Å². The molecule has 1 aromatic rings. The number of carbonyl (C=O) groups excluding carboxylic acids is 1. The molecule has 0 fully saturated rings. The third-order valence-corrected chi connectivity index (χ3v) is 5.01. The molecule has 0 unspecified atom stereocenters. The average molecular weight is 437 g/mol. The molecule has 0 bridgehead atoms. The second-order valence-corrected chi connectivity index (χ2v) is 7.43. The summed E-state index contributed by atoms with van der Waals surface area (Å²) in [6, 6.07) is 5.18. The third-order valence-electron chi connectivity index (χ3n) is 4.79. The van der Waals surface area contributed by atoms with E-state index in [0.29, 0.717) is 41.1 Å². The normalized spacial score (nSPS) is 16.0. The van der Waals surface area contributed by atoms with Crippen molar-refractivity contribution in [1.29, 1.82) is 0 Å². The summed E-state index contributed by atoms with van der Waals surface area (Å²) >= 11 is 5.30. The molecular formula is C22H32N2O5S. The van der Waals surface area contributed by atoms with Gasteiger partial charge in [0.05, 0.1) is 31.9 Å². The molecule has 0 radical (unpaired) electrons. The smallest absolute Gasteiger partial charge is 0.338 e. The fourth-order valence-electron chi connectivity index (χ4n) is 3.20. The first-order valence-electron chi connectivity index (χ1n) is 10.3. The van der Waals surface area contributed by atoms with Crippen LogP contribution in [0.15, 0.2) is 29.5 Å². The molecule has 0 saturated carbocycles. The Hall–Kier alpha value is -2.32. The Balaban J connectivity index is 2.20. The number of hydrogen-bond acceptors (Lipinski definition) is 6.